The molecule has 0 spiro atoms. The van der Waals surface area contributed by atoms with Crippen molar-refractivity contribution >= 4 is 5.91 Å². The first-order valence-corrected chi connectivity index (χ1v) is 7.61. The first-order valence-electron chi connectivity index (χ1n) is 7.61. The predicted octanol–water partition coefficient (Wildman–Crippen LogP) is 3.06. The molecule has 0 aliphatic carbocycles. The Kier molecular flexibility index (Phi) is 7.31. The van der Waals surface area contributed by atoms with E-state index >= 15 is 0 Å². The Morgan fingerprint density at radius 1 is 1.20 bits per heavy atom. The molecule has 1 rings (SSSR count). The lowest BCUT2D eigenvalue weighted by atomic mass is 9.94. The molecule has 20 heavy (non-hydrogen) atoms. The third kappa shape index (κ3) is 5.33. The minimum absolute atomic E-state index is 0.0428. The fraction of sp³-hybridized carbons (Fsp3) is 0.588. The van der Waals surface area contributed by atoms with Crippen LogP contribution in [0, 0.1) is 5.92 Å². The van der Waals surface area contributed by atoms with Gasteiger partial charge in [0.15, 0.2) is 0 Å². The zero-order chi connectivity index (χ0) is 15.0. The van der Waals surface area contributed by atoms with Gasteiger partial charge in [-0.3, -0.25) is 4.79 Å². The predicted molar refractivity (Wildman–Crippen MR) is 84.7 cm³/mol. The maximum absolute atomic E-state index is 11.8. The summed E-state index contributed by atoms with van der Waals surface area (Å²) in [4.78, 5) is 11.8. The van der Waals surface area contributed by atoms with Gasteiger partial charge in [0.25, 0.3) is 0 Å². The first kappa shape index (κ1) is 16.7. The number of hydrogen-bond acceptors (Lipinski definition) is 2. The van der Waals surface area contributed by atoms with E-state index in [2.05, 4.69) is 55.7 Å². The summed E-state index contributed by atoms with van der Waals surface area (Å²) in [6, 6.07) is 8.75. The molecule has 1 aromatic rings. The molecule has 0 aromatic heterocycles. The lowest BCUT2D eigenvalue weighted by Crippen LogP contribution is -2.37. The molecule has 0 bridgehead atoms. The van der Waals surface area contributed by atoms with Crippen LogP contribution in [0.5, 0.6) is 0 Å². The zero-order valence-electron chi connectivity index (χ0n) is 13.2. The molecule has 0 heterocycles. The smallest absolute Gasteiger partial charge is 0.234 e. The Labute approximate surface area is 123 Å². The molecule has 0 saturated carbocycles. The lowest BCUT2D eigenvalue weighted by Gasteiger charge is -2.23. The van der Waals surface area contributed by atoms with E-state index in [4.69, 9.17) is 0 Å². The summed E-state index contributed by atoms with van der Waals surface area (Å²) in [6.45, 7) is 6.84. The molecule has 112 valence electrons. The Balaban J connectivity index is 2.74. The zero-order valence-corrected chi connectivity index (χ0v) is 13.2. The number of rotatable bonds is 8. The molecule has 0 radical (unpaired) electrons. The number of carbonyl (C=O) groups excluding carboxylic acids is 1. The van der Waals surface area contributed by atoms with Gasteiger partial charge in [0, 0.05) is 0 Å². The van der Waals surface area contributed by atoms with Gasteiger partial charge in [-0.1, -0.05) is 51.5 Å². The second-order valence-electron chi connectivity index (χ2n) is 5.66. The van der Waals surface area contributed by atoms with Crippen LogP contribution in [0.1, 0.15) is 50.8 Å². The average molecular weight is 276 g/mol. The minimum atomic E-state index is 0.0428. The molecule has 1 unspecified atom stereocenters. The van der Waals surface area contributed by atoms with Crippen LogP contribution in [-0.4, -0.2) is 19.5 Å². The summed E-state index contributed by atoms with van der Waals surface area (Å²) in [5.41, 5.74) is 2.56. The van der Waals surface area contributed by atoms with Crippen LogP contribution in [0.4, 0.5) is 0 Å². The number of aryl methyl sites for hydroxylation is 1. The van der Waals surface area contributed by atoms with Crippen LogP contribution >= 0.6 is 0 Å². The molecule has 3 heteroatoms. The van der Waals surface area contributed by atoms with Crippen LogP contribution < -0.4 is 10.6 Å². The number of nitrogens with one attached hydrogen (secondary N) is 2. The molecule has 1 atom stereocenters. The van der Waals surface area contributed by atoms with Gasteiger partial charge in [-0.05, 0) is 36.9 Å². The van der Waals surface area contributed by atoms with E-state index in [1.165, 1.54) is 24.0 Å². The van der Waals surface area contributed by atoms with Gasteiger partial charge >= 0.3 is 0 Å². The highest BCUT2D eigenvalue weighted by Gasteiger charge is 2.17. The van der Waals surface area contributed by atoms with Crippen molar-refractivity contribution in [3.8, 4) is 0 Å². The van der Waals surface area contributed by atoms with Gasteiger partial charge in [0.05, 0.1) is 12.6 Å². The van der Waals surface area contributed by atoms with Crippen LogP contribution in [0.3, 0.4) is 0 Å². The number of benzene rings is 1. The summed E-state index contributed by atoms with van der Waals surface area (Å²) in [5, 5.41) is 5.98. The normalized spacial score (nSPS) is 12.4. The highest BCUT2D eigenvalue weighted by atomic mass is 16.1. The second-order valence-corrected chi connectivity index (χ2v) is 5.66. The lowest BCUT2D eigenvalue weighted by molar-refractivity contribution is -0.121. The standard InChI is InChI=1S/C17H28N2O/c1-5-6-7-14-8-10-15(11-9-14)17(13(2)3)19-16(20)12-18-4/h8-11,13,17-18H,5-7,12H2,1-4H3,(H,19,20). The van der Waals surface area contributed by atoms with Gasteiger partial charge < -0.3 is 10.6 Å². The van der Waals surface area contributed by atoms with E-state index in [0.717, 1.165) is 6.42 Å². The Morgan fingerprint density at radius 3 is 2.35 bits per heavy atom. The van der Waals surface area contributed by atoms with Gasteiger partial charge in [-0.2, -0.15) is 0 Å². The van der Waals surface area contributed by atoms with Crippen LogP contribution in [0.25, 0.3) is 0 Å². The van der Waals surface area contributed by atoms with Gasteiger partial charge in [-0.15, -0.1) is 0 Å². The fourth-order valence-corrected chi connectivity index (χ4v) is 2.29. The van der Waals surface area contributed by atoms with Crippen molar-refractivity contribution in [1.82, 2.24) is 10.6 Å². The third-order valence-electron chi connectivity index (χ3n) is 3.48. The maximum atomic E-state index is 11.8. The Hall–Kier alpha value is -1.35. The van der Waals surface area contributed by atoms with Crippen molar-refractivity contribution in [3.05, 3.63) is 35.4 Å². The van der Waals surface area contributed by atoms with Crippen molar-refractivity contribution in [1.29, 1.82) is 0 Å². The molecule has 1 aromatic carbocycles. The summed E-state index contributed by atoms with van der Waals surface area (Å²) in [6.07, 6.45) is 3.58. The number of amides is 1. The minimum Gasteiger partial charge on any atom is -0.348 e. The van der Waals surface area contributed by atoms with Crippen molar-refractivity contribution in [3.63, 3.8) is 0 Å². The Morgan fingerprint density at radius 2 is 1.85 bits per heavy atom. The number of likely N-dealkylation sites (N-methyl/N-ethyl adjacent to an activating group) is 1. The van der Waals surface area contributed by atoms with Crippen molar-refractivity contribution in [2.75, 3.05) is 13.6 Å². The monoisotopic (exact) mass is 276 g/mol. The average Bonchev–Trinajstić information content (AvgIpc) is 2.43. The topological polar surface area (TPSA) is 41.1 Å². The first-order chi connectivity index (χ1) is 9.58. The van der Waals surface area contributed by atoms with E-state index in [9.17, 15) is 4.79 Å². The number of unbranched alkanes of at least 4 members (excludes halogenated alkanes) is 1. The van der Waals surface area contributed by atoms with E-state index in [-0.39, 0.29) is 11.9 Å². The number of hydrogen-bond donors (Lipinski definition) is 2. The van der Waals surface area contributed by atoms with Crippen LogP contribution in [-0.2, 0) is 11.2 Å². The van der Waals surface area contributed by atoms with E-state index in [1.54, 1.807) is 7.05 Å². The summed E-state index contributed by atoms with van der Waals surface area (Å²) in [7, 11) is 1.78. The molecule has 3 nitrogen and oxygen atoms in total. The molecular weight excluding hydrogens is 248 g/mol. The van der Waals surface area contributed by atoms with Crippen molar-refractivity contribution < 1.29 is 4.79 Å². The fourth-order valence-electron chi connectivity index (χ4n) is 2.29. The highest BCUT2D eigenvalue weighted by molar-refractivity contribution is 5.78. The Bertz CT molecular complexity index is 398. The van der Waals surface area contributed by atoms with E-state index < -0.39 is 0 Å². The molecule has 0 fully saturated rings. The molecular formula is C17H28N2O. The highest BCUT2D eigenvalue weighted by Crippen LogP contribution is 2.22. The quantitative estimate of drug-likeness (QED) is 0.766. The molecule has 2 N–H and O–H groups in total. The molecule has 0 saturated heterocycles. The SMILES string of the molecule is CCCCc1ccc(C(NC(=O)CNC)C(C)C)cc1. The van der Waals surface area contributed by atoms with Gasteiger partial charge in [0.2, 0.25) is 5.91 Å². The van der Waals surface area contributed by atoms with Crippen LogP contribution in [0.15, 0.2) is 24.3 Å². The summed E-state index contributed by atoms with van der Waals surface area (Å²) < 4.78 is 0. The van der Waals surface area contributed by atoms with E-state index in [0.29, 0.717) is 12.5 Å². The van der Waals surface area contributed by atoms with Crippen LogP contribution in [0.2, 0.25) is 0 Å². The van der Waals surface area contributed by atoms with Crippen molar-refractivity contribution in [2.45, 2.75) is 46.1 Å². The maximum Gasteiger partial charge on any atom is 0.234 e. The van der Waals surface area contributed by atoms with E-state index in [1.807, 2.05) is 0 Å². The van der Waals surface area contributed by atoms with Gasteiger partial charge in [0.1, 0.15) is 0 Å². The molecule has 1 amide bonds. The number of carbonyl (C=O) groups is 1. The molecule has 0 aliphatic rings. The summed E-state index contributed by atoms with van der Waals surface area (Å²) >= 11 is 0. The largest absolute Gasteiger partial charge is 0.348 e. The second kappa shape index (κ2) is 8.75. The molecule has 0 aliphatic heterocycles. The van der Waals surface area contributed by atoms with Gasteiger partial charge in [-0.25, -0.2) is 0 Å². The third-order valence-corrected chi connectivity index (χ3v) is 3.48. The van der Waals surface area contributed by atoms with Crippen molar-refractivity contribution in [2.24, 2.45) is 5.92 Å². The summed E-state index contributed by atoms with van der Waals surface area (Å²) in [5.74, 6) is 0.415.